The van der Waals surface area contributed by atoms with Crippen LogP contribution in [0.25, 0.3) is 5.57 Å². The van der Waals surface area contributed by atoms with Crippen LogP contribution >= 0.6 is 0 Å². The van der Waals surface area contributed by atoms with Gasteiger partial charge in [0.1, 0.15) is 6.61 Å². The maximum atomic E-state index is 13.1. The lowest BCUT2D eigenvalue weighted by Crippen LogP contribution is -2.39. The van der Waals surface area contributed by atoms with Crippen molar-refractivity contribution >= 4 is 11.5 Å². The standard InChI is InChI=1S/C27H28N2O5/c1-31-24-10-8-21(16-25(24)32-2)23(17-27(30)29-12-14-33-15-13-29)22-9-11-26(28-18-22)34-19-20-6-4-3-5-7-20/h3-11,16-18H,12-15,19H2,1-2H3. The highest BCUT2D eigenvalue weighted by atomic mass is 16.5. The van der Waals surface area contributed by atoms with Gasteiger partial charge in [0.05, 0.1) is 27.4 Å². The summed E-state index contributed by atoms with van der Waals surface area (Å²) in [6.07, 6.45) is 3.36. The van der Waals surface area contributed by atoms with E-state index in [2.05, 4.69) is 4.98 Å². The lowest BCUT2D eigenvalue weighted by Gasteiger charge is -2.26. The molecule has 1 amide bonds. The van der Waals surface area contributed by atoms with Crippen molar-refractivity contribution in [2.24, 2.45) is 0 Å². The van der Waals surface area contributed by atoms with E-state index in [1.54, 1.807) is 31.4 Å². The van der Waals surface area contributed by atoms with E-state index in [1.165, 1.54) is 0 Å². The summed E-state index contributed by atoms with van der Waals surface area (Å²) >= 11 is 0. The highest BCUT2D eigenvalue weighted by Crippen LogP contribution is 2.33. The van der Waals surface area contributed by atoms with Gasteiger partial charge in [-0.15, -0.1) is 0 Å². The first-order valence-electron chi connectivity index (χ1n) is 11.1. The molecule has 2 aromatic carbocycles. The molecule has 0 atom stereocenters. The molecule has 0 unspecified atom stereocenters. The molecule has 0 radical (unpaired) electrons. The first kappa shape index (κ1) is 23.3. The highest BCUT2D eigenvalue weighted by molar-refractivity contribution is 5.99. The Kier molecular flexibility index (Phi) is 7.78. The Morgan fingerprint density at radius 3 is 2.38 bits per heavy atom. The molecule has 7 heteroatoms. The molecule has 1 fully saturated rings. The zero-order valence-corrected chi connectivity index (χ0v) is 19.4. The number of carbonyl (C=O) groups is 1. The fourth-order valence-electron chi connectivity index (χ4n) is 3.69. The van der Waals surface area contributed by atoms with Gasteiger partial charge >= 0.3 is 0 Å². The SMILES string of the molecule is COc1ccc(C(=CC(=O)N2CCOCC2)c2ccc(OCc3ccccc3)nc2)cc1OC. The van der Waals surface area contributed by atoms with E-state index in [9.17, 15) is 4.79 Å². The molecule has 0 N–H and O–H groups in total. The fraction of sp³-hybridized carbons (Fsp3) is 0.259. The number of benzene rings is 2. The Morgan fingerprint density at radius 2 is 1.71 bits per heavy atom. The Balaban J connectivity index is 1.62. The van der Waals surface area contributed by atoms with Crippen LogP contribution in [0.1, 0.15) is 16.7 Å². The first-order chi connectivity index (χ1) is 16.7. The van der Waals surface area contributed by atoms with Crippen LogP contribution in [0.4, 0.5) is 0 Å². The van der Waals surface area contributed by atoms with Gasteiger partial charge in [0.15, 0.2) is 11.5 Å². The molecule has 1 aliphatic heterocycles. The number of aromatic nitrogens is 1. The summed E-state index contributed by atoms with van der Waals surface area (Å²) in [5, 5.41) is 0. The highest BCUT2D eigenvalue weighted by Gasteiger charge is 2.18. The number of hydrogen-bond donors (Lipinski definition) is 0. The number of rotatable bonds is 8. The van der Waals surface area contributed by atoms with Crippen LogP contribution in [0.5, 0.6) is 17.4 Å². The summed E-state index contributed by atoms with van der Waals surface area (Å²) in [6.45, 7) is 2.65. The van der Waals surface area contributed by atoms with Crippen molar-refractivity contribution in [2.45, 2.75) is 6.61 Å². The predicted molar refractivity (Wildman–Crippen MR) is 129 cm³/mol. The third-order valence-corrected chi connectivity index (χ3v) is 5.56. The maximum Gasteiger partial charge on any atom is 0.247 e. The molecule has 34 heavy (non-hydrogen) atoms. The van der Waals surface area contributed by atoms with Gasteiger partial charge in [-0.3, -0.25) is 4.79 Å². The van der Waals surface area contributed by atoms with Gasteiger partial charge in [0, 0.05) is 37.0 Å². The van der Waals surface area contributed by atoms with E-state index in [1.807, 2.05) is 60.7 Å². The second kappa shape index (κ2) is 11.3. The first-order valence-corrected chi connectivity index (χ1v) is 11.1. The molecule has 0 bridgehead atoms. The van der Waals surface area contributed by atoms with Gasteiger partial charge in [-0.2, -0.15) is 0 Å². The number of hydrogen-bond acceptors (Lipinski definition) is 6. The maximum absolute atomic E-state index is 13.1. The minimum atomic E-state index is -0.0718. The van der Waals surface area contributed by atoms with Crippen molar-refractivity contribution in [1.29, 1.82) is 0 Å². The van der Waals surface area contributed by atoms with Crippen LogP contribution in [-0.2, 0) is 16.1 Å². The van der Waals surface area contributed by atoms with E-state index in [0.717, 1.165) is 22.3 Å². The second-order valence-electron chi connectivity index (χ2n) is 7.72. The minimum Gasteiger partial charge on any atom is -0.493 e. The largest absolute Gasteiger partial charge is 0.493 e. The Hall–Kier alpha value is -3.84. The molecule has 2 heterocycles. The predicted octanol–water partition coefficient (Wildman–Crippen LogP) is 3.97. The monoisotopic (exact) mass is 460 g/mol. The summed E-state index contributed by atoms with van der Waals surface area (Å²) in [7, 11) is 3.18. The third kappa shape index (κ3) is 5.74. The number of nitrogens with zero attached hydrogens (tertiary/aromatic N) is 2. The van der Waals surface area contributed by atoms with Gasteiger partial charge in [0.25, 0.3) is 0 Å². The van der Waals surface area contributed by atoms with Crippen molar-refractivity contribution in [3.8, 4) is 17.4 Å². The summed E-state index contributed by atoms with van der Waals surface area (Å²) < 4.78 is 22.0. The van der Waals surface area contributed by atoms with E-state index >= 15 is 0 Å². The average Bonchev–Trinajstić information content (AvgIpc) is 2.91. The summed E-state index contributed by atoms with van der Waals surface area (Å²) in [4.78, 5) is 19.3. The Morgan fingerprint density at radius 1 is 0.971 bits per heavy atom. The summed E-state index contributed by atoms with van der Waals surface area (Å²) in [6, 6.07) is 19.2. The number of carbonyl (C=O) groups excluding carboxylic acids is 1. The van der Waals surface area contributed by atoms with Crippen molar-refractivity contribution in [3.05, 3.63) is 89.6 Å². The number of pyridine rings is 1. The Bertz CT molecular complexity index is 1120. The molecule has 1 aromatic heterocycles. The van der Waals surface area contributed by atoms with Crippen molar-refractivity contribution in [3.63, 3.8) is 0 Å². The minimum absolute atomic E-state index is 0.0718. The number of ether oxygens (including phenoxy) is 4. The van der Waals surface area contributed by atoms with Crippen LogP contribution in [0.2, 0.25) is 0 Å². The van der Waals surface area contributed by atoms with Crippen molar-refractivity contribution in [1.82, 2.24) is 9.88 Å². The fourth-order valence-corrected chi connectivity index (χ4v) is 3.69. The molecular weight excluding hydrogens is 432 g/mol. The normalized spacial score (nSPS) is 13.9. The molecule has 0 aliphatic carbocycles. The quantitative estimate of drug-likeness (QED) is 0.474. The molecule has 0 saturated carbocycles. The van der Waals surface area contributed by atoms with Gasteiger partial charge in [-0.1, -0.05) is 36.4 Å². The summed E-state index contributed by atoms with van der Waals surface area (Å²) in [5.74, 6) is 1.64. The number of methoxy groups -OCH3 is 2. The lowest BCUT2D eigenvalue weighted by atomic mass is 9.98. The van der Waals surface area contributed by atoms with Crippen LogP contribution < -0.4 is 14.2 Å². The van der Waals surface area contributed by atoms with E-state index in [-0.39, 0.29) is 5.91 Å². The average molecular weight is 461 g/mol. The van der Waals surface area contributed by atoms with Crippen molar-refractivity contribution < 1.29 is 23.7 Å². The van der Waals surface area contributed by atoms with Gasteiger partial charge < -0.3 is 23.8 Å². The Labute approximate surface area is 199 Å². The summed E-state index contributed by atoms with van der Waals surface area (Å²) in [5.41, 5.74) is 3.41. The molecule has 1 saturated heterocycles. The number of amides is 1. The third-order valence-electron chi connectivity index (χ3n) is 5.56. The van der Waals surface area contributed by atoms with Crippen LogP contribution in [0, 0.1) is 0 Å². The smallest absolute Gasteiger partial charge is 0.247 e. The molecule has 176 valence electrons. The van der Waals surface area contributed by atoms with Crippen LogP contribution in [0.15, 0.2) is 72.9 Å². The lowest BCUT2D eigenvalue weighted by molar-refractivity contribution is -0.129. The van der Waals surface area contributed by atoms with E-state index in [0.29, 0.717) is 50.3 Å². The van der Waals surface area contributed by atoms with Crippen LogP contribution in [-0.4, -0.2) is 56.3 Å². The topological polar surface area (TPSA) is 70.1 Å². The zero-order chi connectivity index (χ0) is 23.8. The van der Waals surface area contributed by atoms with Crippen LogP contribution in [0.3, 0.4) is 0 Å². The molecule has 0 spiro atoms. The second-order valence-corrected chi connectivity index (χ2v) is 7.72. The van der Waals surface area contributed by atoms with E-state index < -0.39 is 0 Å². The van der Waals surface area contributed by atoms with Gasteiger partial charge in [-0.25, -0.2) is 4.98 Å². The molecule has 1 aliphatic rings. The molecular formula is C27H28N2O5. The molecule has 3 aromatic rings. The number of morpholine rings is 1. The molecule has 4 rings (SSSR count). The zero-order valence-electron chi connectivity index (χ0n) is 19.4. The van der Waals surface area contributed by atoms with E-state index in [4.69, 9.17) is 18.9 Å². The van der Waals surface area contributed by atoms with Crippen molar-refractivity contribution in [2.75, 3.05) is 40.5 Å². The molecule has 7 nitrogen and oxygen atoms in total. The van der Waals surface area contributed by atoms with Gasteiger partial charge in [-0.05, 0) is 34.9 Å². The van der Waals surface area contributed by atoms with Gasteiger partial charge in [0.2, 0.25) is 11.8 Å².